The zero-order valence-corrected chi connectivity index (χ0v) is 14.8. The molecule has 0 aromatic heterocycles. The van der Waals surface area contributed by atoms with E-state index in [9.17, 15) is 12.8 Å². The number of likely N-dealkylation sites (tertiary alicyclic amines) is 1. The molecule has 1 saturated heterocycles. The summed E-state index contributed by atoms with van der Waals surface area (Å²) in [6.45, 7) is 6.79. The number of sulfonamides is 1. The molecular formula is C17H27FN2O2S. The van der Waals surface area contributed by atoms with Crippen molar-refractivity contribution in [2.75, 3.05) is 19.6 Å². The van der Waals surface area contributed by atoms with E-state index in [4.69, 9.17) is 0 Å². The summed E-state index contributed by atoms with van der Waals surface area (Å²) in [6.07, 6.45) is 4.58. The van der Waals surface area contributed by atoms with Gasteiger partial charge in [0.15, 0.2) is 0 Å². The average Bonchev–Trinajstić information content (AvgIpc) is 2.52. The van der Waals surface area contributed by atoms with Crippen LogP contribution in [0, 0.1) is 11.7 Å². The number of halogens is 1. The Morgan fingerprint density at radius 2 is 1.74 bits per heavy atom. The molecule has 2 rings (SSSR count). The average molecular weight is 342 g/mol. The van der Waals surface area contributed by atoms with E-state index in [0.717, 1.165) is 19.5 Å². The van der Waals surface area contributed by atoms with Crippen molar-refractivity contribution in [3.8, 4) is 0 Å². The molecule has 1 aromatic carbocycles. The topological polar surface area (TPSA) is 49.4 Å². The van der Waals surface area contributed by atoms with Crippen molar-refractivity contribution in [3.05, 3.63) is 30.1 Å². The van der Waals surface area contributed by atoms with Gasteiger partial charge in [0.25, 0.3) is 0 Å². The molecule has 6 heteroatoms. The van der Waals surface area contributed by atoms with E-state index >= 15 is 0 Å². The predicted molar refractivity (Wildman–Crippen MR) is 90.3 cm³/mol. The molecule has 23 heavy (non-hydrogen) atoms. The number of hydrogen-bond acceptors (Lipinski definition) is 3. The Morgan fingerprint density at radius 3 is 2.30 bits per heavy atom. The summed E-state index contributed by atoms with van der Waals surface area (Å²) in [7, 11) is -3.59. The number of hydrogen-bond donors (Lipinski definition) is 1. The van der Waals surface area contributed by atoms with Crippen LogP contribution in [0.1, 0.15) is 39.5 Å². The highest BCUT2D eigenvalue weighted by molar-refractivity contribution is 7.89. The van der Waals surface area contributed by atoms with Crippen LogP contribution >= 0.6 is 0 Å². The highest BCUT2D eigenvalue weighted by atomic mass is 32.2. The monoisotopic (exact) mass is 342 g/mol. The van der Waals surface area contributed by atoms with Crippen molar-refractivity contribution in [3.63, 3.8) is 0 Å². The number of rotatable bonds is 7. The van der Waals surface area contributed by atoms with Crippen LogP contribution in [0.5, 0.6) is 0 Å². The maximum Gasteiger partial charge on any atom is 0.240 e. The van der Waals surface area contributed by atoms with Crippen LogP contribution in [-0.2, 0) is 10.0 Å². The van der Waals surface area contributed by atoms with Gasteiger partial charge in [-0.25, -0.2) is 17.5 Å². The van der Waals surface area contributed by atoms with E-state index in [1.165, 1.54) is 43.5 Å². The first-order valence-corrected chi connectivity index (χ1v) is 9.86. The van der Waals surface area contributed by atoms with Gasteiger partial charge in [-0.3, -0.25) is 4.90 Å². The van der Waals surface area contributed by atoms with Gasteiger partial charge >= 0.3 is 0 Å². The number of benzene rings is 1. The van der Waals surface area contributed by atoms with Crippen molar-refractivity contribution in [1.82, 2.24) is 9.62 Å². The lowest BCUT2D eigenvalue weighted by Crippen LogP contribution is -2.46. The Kier molecular flexibility index (Phi) is 6.56. The van der Waals surface area contributed by atoms with E-state index in [2.05, 4.69) is 23.5 Å². The first kappa shape index (κ1) is 18.4. The summed E-state index contributed by atoms with van der Waals surface area (Å²) in [6, 6.07) is 5.16. The highest BCUT2D eigenvalue weighted by Gasteiger charge is 2.24. The lowest BCUT2D eigenvalue weighted by Gasteiger charge is -2.35. The molecule has 0 aliphatic carbocycles. The molecule has 1 aliphatic rings. The predicted octanol–water partition coefficient (Wildman–Crippen LogP) is 3.00. The van der Waals surface area contributed by atoms with Gasteiger partial charge in [0.1, 0.15) is 5.82 Å². The van der Waals surface area contributed by atoms with Gasteiger partial charge in [-0.2, -0.15) is 0 Å². The fraction of sp³-hybridized carbons (Fsp3) is 0.647. The number of nitrogens with one attached hydrogen (secondary N) is 1. The molecule has 1 heterocycles. The van der Waals surface area contributed by atoms with Crippen LogP contribution in [0.25, 0.3) is 0 Å². The Hall–Kier alpha value is -0.980. The second-order valence-corrected chi connectivity index (χ2v) is 8.45. The first-order chi connectivity index (χ1) is 10.9. The van der Waals surface area contributed by atoms with E-state index < -0.39 is 15.8 Å². The van der Waals surface area contributed by atoms with Crippen molar-refractivity contribution in [2.45, 2.75) is 50.5 Å². The van der Waals surface area contributed by atoms with E-state index in [-0.39, 0.29) is 10.9 Å². The molecule has 0 saturated carbocycles. The summed E-state index contributed by atoms with van der Waals surface area (Å²) in [4.78, 5) is 2.51. The lowest BCUT2D eigenvalue weighted by molar-refractivity contribution is 0.146. The molecule has 4 nitrogen and oxygen atoms in total. The second-order valence-electron chi connectivity index (χ2n) is 6.69. The van der Waals surface area contributed by atoms with Crippen LogP contribution in [0.4, 0.5) is 4.39 Å². The smallest absolute Gasteiger partial charge is 0.240 e. The highest BCUT2D eigenvalue weighted by Crippen LogP contribution is 2.18. The van der Waals surface area contributed by atoms with Crippen LogP contribution in [0.3, 0.4) is 0 Å². The van der Waals surface area contributed by atoms with Gasteiger partial charge in [-0.05, 0) is 62.5 Å². The summed E-state index contributed by atoms with van der Waals surface area (Å²) in [5.74, 6) is 0.0761. The minimum Gasteiger partial charge on any atom is -0.299 e. The minimum atomic E-state index is -3.59. The molecule has 0 radical (unpaired) electrons. The Bertz CT molecular complexity index is 581. The van der Waals surface area contributed by atoms with E-state index in [1.807, 2.05) is 0 Å². The van der Waals surface area contributed by atoms with E-state index in [0.29, 0.717) is 12.5 Å². The van der Waals surface area contributed by atoms with Gasteiger partial charge in [-0.1, -0.05) is 20.3 Å². The fourth-order valence-corrected chi connectivity index (χ4v) is 4.17. The van der Waals surface area contributed by atoms with Crippen molar-refractivity contribution < 1.29 is 12.8 Å². The molecule has 1 N–H and O–H groups in total. The second kappa shape index (κ2) is 8.22. The van der Waals surface area contributed by atoms with Gasteiger partial charge in [-0.15, -0.1) is 0 Å². The molecule has 0 amide bonds. The SMILES string of the molecule is CC(C)CC(CNS(=O)(=O)c1ccc(F)cc1)N1CCCCC1. The Labute approximate surface area is 139 Å². The largest absolute Gasteiger partial charge is 0.299 e. The van der Waals surface area contributed by atoms with Crippen molar-refractivity contribution in [2.24, 2.45) is 5.92 Å². The lowest BCUT2D eigenvalue weighted by atomic mass is 10.00. The molecule has 1 atom stereocenters. The summed E-state index contributed by atoms with van der Waals surface area (Å²) in [5.41, 5.74) is 0. The van der Waals surface area contributed by atoms with Crippen LogP contribution < -0.4 is 4.72 Å². The van der Waals surface area contributed by atoms with Crippen LogP contribution in [0.15, 0.2) is 29.2 Å². The number of piperidine rings is 1. The van der Waals surface area contributed by atoms with Gasteiger partial charge in [0.2, 0.25) is 10.0 Å². The minimum absolute atomic E-state index is 0.112. The summed E-state index contributed by atoms with van der Waals surface area (Å²) < 4.78 is 40.4. The molecule has 0 spiro atoms. The fourth-order valence-electron chi connectivity index (χ4n) is 3.09. The zero-order valence-electron chi connectivity index (χ0n) is 14.0. The van der Waals surface area contributed by atoms with Gasteiger partial charge in [0.05, 0.1) is 4.90 Å². The van der Waals surface area contributed by atoms with Gasteiger partial charge < -0.3 is 0 Å². The van der Waals surface area contributed by atoms with Crippen LogP contribution in [0.2, 0.25) is 0 Å². The molecule has 1 aromatic rings. The normalized spacial score (nSPS) is 18.3. The van der Waals surface area contributed by atoms with Crippen molar-refractivity contribution in [1.29, 1.82) is 0 Å². The molecular weight excluding hydrogens is 315 g/mol. The molecule has 130 valence electrons. The molecule has 1 aliphatic heterocycles. The van der Waals surface area contributed by atoms with Crippen LogP contribution in [-0.4, -0.2) is 39.0 Å². The third kappa shape index (κ3) is 5.55. The summed E-state index contributed by atoms with van der Waals surface area (Å²) >= 11 is 0. The molecule has 0 bridgehead atoms. The quantitative estimate of drug-likeness (QED) is 0.829. The Balaban J connectivity index is 2.02. The maximum absolute atomic E-state index is 13.0. The zero-order chi connectivity index (χ0) is 16.9. The van der Waals surface area contributed by atoms with Crippen molar-refractivity contribution >= 4 is 10.0 Å². The summed E-state index contributed by atoms with van der Waals surface area (Å²) in [5, 5.41) is 0. The maximum atomic E-state index is 13.0. The van der Waals surface area contributed by atoms with E-state index in [1.54, 1.807) is 0 Å². The first-order valence-electron chi connectivity index (χ1n) is 8.38. The third-order valence-electron chi connectivity index (χ3n) is 4.28. The van der Waals surface area contributed by atoms with Gasteiger partial charge in [0, 0.05) is 12.6 Å². The molecule has 1 unspecified atom stereocenters. The standard InChI is InChI=1S/C17H27FN2O2S/c1-14(2)12-16(20-10-4-3-5-11-20)13-19-23(21,22)17-8-6-15(18)7-9-17/h6-9,14,16,19H,3-5,10-13H2,1-2H3. The Morgan fingerprint density at radius 1 is 1.13 bits per heavy atom. The number of nitrogens with zero attached hydrogens (tertiary/aromatic N) is 1. The third-order valence-corrected chi connectivity index (χ3v) is 5.72. The molecule has 1 fully saturated rings.